The van der Waals surface area contributed by atoms with Crippen LogP contribution in [0.2, 0.25) is 0 Å². The Hall–Kier alpha value is -1.81. The van der Waals surface area contributed by atoms with Crippen LogP contribution in [0.15, 0.2) is 30.6 Å². The highest BCUT2D eigenvalue weighted by molar-refractivity contribution is 5.35. The van der Waals surface area contributed by atoms with Crippen molar-refractivity contribution in [1.82, 2.24) is 10.3 Å². The van der Waals surface area contributed by atoms with Gasteiger partial charge < -0.3 is 5.32 Å². The zero-order valence-corrected chi connectivity index (χ0v) is 11.9. The third-order valence-electron chi connectivity index (χ3n) is 3.25. The Morgan fingerprint density at radius 3 is 2.55 bits per heavy atom. The second-order valence-corrected chi connectivity index (χ2v) is 4.89. The predicted molar refractivity (Wildman–Crippen MR) is 75.6 cm³/mol. The van der Waals surface area contributed by atoms with E-state index >= 15 is 0 Å². The number of pyridine rings is 1. The third-order valence-corrected chi connectivity index (χ3v) is 3.25. The highest BCUT2D eigenvalue weighted by Crippen LogP contribution is 2.27. The standard InChI is InChI=1S/C16H18F2N2/c1-4-20-16(12-7-10(2)8-19-9-12)13-6-5-11(3)14(17)15(13)18/h5-9,16,20H,4H2,1-3H3. The number of aryl methyl sites for hydroxylation is 2. The molecule has 2 nitrogen and oxygen atoms in total. The average Bonchev–Trinajstić information content (AvgIpc) is 2.43. The van der Waals surface area contributed by atoms with Crippen molar-refractivity contribution in [3.05, 3.63) is 64.5 Å². The van der Waals surface area contributed by atoms with Gasteiger partial charge in [0.2, 0.25) is 0 Å². The van der Waals surface area contributed by atoms with E-state index in [0.717, 1.165) is 11.1 Å². The molecule has 106 valence electrons. The number of nitrogens with one attached hydrogen (secondary N) is 1. The summed E-state index contributed by atoms with van der Waals surface area (Å²) >= 11 is 0. The van der Waals surface area contributed by atoms with E-state index in [0.29, 0.717) is 17.7 Å². The van der Waals surface area contributed by atoms with Gasteiger partial charge in [-0.15, -0.1) is 0 Å². The Morgan fingerprint density at radius 2 is 1.90 bits per heavy atom. The molecule has 0 spiro atoms. The lowest BCUT2D eigenvalue weighted by molar-refractivity contribution is 0.478. The Balaban J connectivity index is 2.51. The fraction of sp³-hybridized carbons (Fsp3) is 0.312. The largest absolute Gasteiger partial charge is 0.306 e. The van der Waals surface area contributed by atoms with Gasteiger partial charge in [0.05, 0.1) is 6.04 Å². The van der Waals surface area contributed by atoms with Crippen LogP contribution in [0, 0.1) is 25.5 Å². The van der Waals surface area contributed by atoms with Crippen LogP contribution in [-0.2, 0) is 0 Å². The molecular formula is C16H18F2N2. The molecular weight excluding hydrogens is 258 g/mol. The van der Waals surface area contributed by atoms with Gasteiger partial charge in [0.25, 0.3) is 0 Å². The van der Waals surface area contributed by atoms with Crippen LogP contribution in [0.25, 0.3) is 0 Å². The smallest absolute Gasteiger partial charge is 0.164 e. The average molecular weight is 276 g/mol. The quantitative estimate of drug-likeness (QED) is 0.921. The number of aromatic nitrogens is 1. The first-order chi connectivity index (χ1) is 9.54. The van der Waals surface area contributed by atoms with Gasteiger partial charge in [-0.2, -0.15) is 0 Å². The van der Waals surface area contributed by atoms with Crippen molar-refractivity contribution in [3.63, 3.8) is 0 Å². The number of nitrogens with zero attached hydrogens (tertiary/aromatic N) is 1. The van der Waals surface area contributed by atoms with Gasteiger partial charge in [-0.25, -0.2) is 8.78 Å². The van der Waals surface area contributed by atoms with Crippen molar-refractivity contribution in [2.24, 2.45) is 0 Å². The summed E-state index contributed by atoms with van der Waals surface area (Å²) in [4.78, 5) is 4.13. The molecule has 4 heteroatoms. The van der Waals surface area contributed by atoms with Crippen LogP contribution in [0.3, 0.4) is 0 Å². The van der Waals surface area contributed by atoms with Crippen LogP contribution in [0.4, 0.5) is 8.78 Å². The fourth-order valence-electron chi connectivity index (χ4n) is 2.23. The van der Waals surface area contributed by atoms with Crippen LogP contribution in [0.5, 0.6) is 0 Å². The van der Waals surface area contributed by atoms with E-state index in [1.807, 2.05) is 19.9 Å². The zero-order valence-electron chi connectivity index (χ0n) is 11.9. The highest BCUT2D eigenvalue weighted by atomic mass is 19.2. The molecule has 1 unspecified atom stereocenters. The monoisotopic (exact) mass is 276 g/mol. The van der Waals surface area contributed by atoms with Gasteiger partial charge in [-0.05, 0) is 37.1 Å². The summed E-state index contributed by atoms with van der Waals surface area (Å²) < 4.78 is 28.0. The fourth-order valence-corrected chi connectivity index (χ4v) is 2.23. The molecule has 20 heavy (non-hydrogen) atoms. The van der Waals surface area contributed by atoms with Crippen molar-refractivity contribution >= 4 is 0 Å². The number of hydrogen-bond acceptors (Lipinski definition) is 2. The maximum Gasteiger partial charge on any atom is 0.164 e. The van der Waals surface area contributed by atoms with Gasteiger partial charge in [0.15, 0.2) is 11.6 Å². The Kier molecular flexibility index (Phi) is 4.45. The van der Waals surface area contributed by atoms with Gasteiger partial charge in [-0.3, -0.25) is 4.98 Å². The van der Waals surface area contributed by atoms with E-state index in [2.05, 4.69) is 10.3 Å². The lowest BCUT2D eigenvalue weighted by Gasteiger charge is -2.20. The van der Waals surface area contributed by atoms with E-state index in [1.54, 1.807) is 31.5 Å². The van der Waals surface area contributed by atoms with Gasteiger partial charge >= 0.3 is 0 Å². The van der Waals surface area contributed by atoms with Crippen LogP contribution >= 0.6 is 0 Å². The van der Waals surface area contributed by atoms with Crippen molar-refractivity contribution in [3.8, 4) is 0 Å². The van der Waals surface area contributed by atoms with E-state index in [9.17, 15) is 8.78 Å². The zero-order chi connectivity index (χ0) is 14.7. The van der Waals surface area contributed by atoms with Gasteiger partial charge in [-0.1, -0.05) is 25.1 Å². The lowest BCUT2D eigenvalue weighted by atomic mass is 9.97. The second kappa shape index (κ2) is 6.09. The summed E-state index contributed by atoms with van der Waals surface area (Å²) in [6, 6.07) is 4.75. The minimum absolute atomic E-state index is 0.308. The van der Waals surface area contributed by atoms with E-state index < -0.39 is 17.7 Å². The highest BCUT2D eigenvalue weighted by Gasteiger charge is 2.20. The van der Waals surface area contributed by atoms with Gasteiger partial charge in [0, 0.05) is 18.0 Å². The van der Waals surface area contributed by atoms with Crippen LogP contribution < -0.4 is 5.32 Å². The van der Waals surface area contributed by atoms with E-state index in [4.69, 9.17) is 0 Å². The molecule has 0 saturated carbocycles. The molecule has 0 fully saturated rings. The molecule has 1 N–H and O–H groups in total. The van der Waals surface area contributed by atoms with E-state index in [-0.39, 0.29) is 0 Å². The normalized spacial score (nSPS) is 12.4. The maximum absolute atomic E-state index is 14.2. The molecule has 0 aliphatic heterocycles. The van der Waals surface area contributed by atoms with Crippen LogP contribution in [0.1, 0.15) is 35.2 Å². The summed E-state index contributed by atoms with van der Waals surface area (Å²) in [5.74, 6) is -1.58. The SMILES string of the molecule is CCNC(c1cncc(C)c1)c1ccc(C)c(F)c1F. The molecule has 1 atom stereocenters. The maximum atomic E-state index is 14.2. The summed E-state index contributed by atoms with van der Waals surface area (Å²) in [7, 11) is 0. The minimum Gasteiger partial charge on any atom is -0.306 e. The molecule has 1 heterocycles. The molecule has 2 aromatic rings. The number of benzene rings is 1. The number of halogens is 2. The van der Waals surface area contributed by atoms with Gasteiger partial charge in [0.1, 0.15) is 0 Å². The molecule has 1 aromatic carbocycles. The Labute approximate surface area is 117 Å². The number of rotatable bonds is 4. The van der Waals surface area contributed by atoms with Crippen molar-refractivity contribution in [1.29, 1.82) is 0 Å². The summed E-state index contributed by atoms with van der Waals surface area (Å²) in [5, 5.41) is 3.18. The summed E-state index contributed by atoms with van der Waals surface area (Å²) in [6.07, 6.45) is 3.41. The molecule has 0 radical (unpaired) electrons. The first kappa shape index (κ1) is 14.6. The first-order valence-electron chi connectivity index (χ1n) is 6.64. The number of hydrogen-bond donors (Lipinski definition) is 1. The lowest BCUT2D eigenvalue weighted by Crippen LogP contribution is -2.23. The Bertz CT molecular complexity index is 611. The topological polar surface area (TPSA) is 24.9 Å². The molecule has 0 amide bonds. The molecule has 1 aromatic heterocycles. The van der Waals surface area contributed by atoms with Crippen molar-refractivity contribution < 1.29 is 8.78 Å². The molecule has 0 aliphatic rings. The van der Waals surface area contributed by atoms with Crippen molar-refractivity contribution in [2.75, 3.05) is 6.54 Å². The third kappa shape index (κ3) is 2.85. The van der Waals surface area contributed by atoms with Crippen molar-refractivity contribution in [2.45, 2.75) is 26.8 Å². The predicted octanol–water partition coefficient (Wildman–Crippen LogP) is 3.68. The molecule has 0 saturated heterocycles. The molecule has 0 aliphatic carbocycles. The van der Waals surface area contributed by atoms with Crippen LogP contribution in [-0.4, -0.2) is 11.5 Å². The second-order valence-electron chi connectivity index (χ2n) is 4.89. The molecule has 0 bridgehead atoms. The summed E-state index contributed by atoms with van der Waals surface area (Å²) in [6.45, 7) is 6.05. The molecule has 2 rings (SSSR count). The summed E-state index contributed by atoms with van der Waals surface area (Å²) in [5.41, 5.74) is 2.43. The Morgan fingerprint density at radius 1 is 1.15 bits per heavy atom. The first-order valence-corrected chi connectivity index (χ1v) is 6.64. The minimum atomic E-state index is -0.794. The van der Waals surface area contributed by atoms with E-state index in [1.165, 1.54) is 0 Å².